The summed E-state index contributed by atoms with van der Waals surface area (Å²) in [5.41, 5.74) is 1.41. The highest BCUT2D eigenvalue weighted by atomic mass is 32.2. The molecule has 3 atom stereocenters. The smallest absolute Gasteiger partial charge is 0.137 e. The van der Waals surface area contributed by atoms with E-state index in [0.717, 1.165) is 29.8 Å². The first kappa shape index (κ1) is 14.9. The first-order valence-corrected chi connectivity index (χ1v) is 8.36. The van der Waals surface area contributed by atoms with Crippen LogP contribution in [0.25, 0.3) is 0 Å². The van der Waals surface area contributed by atoms with Crippen LogP contribution < -0.4 is 5.32 Å². The maximum absolute atomic E-state index is 13.9. The Labute approximate surface area is 120 Å². The second-order valence-corrected chi connectivity index (χ2v) is 6.50. The molecular formula is C16H24FNS. The maximum Gasteiger partial charge on any atom is 0.137 e. The molecule has 1 aromatic rings. The van der Waals surface area contributed by atoms with E-state index in [-0.39, 0.29) is 11.2 Å². The van der Waals surface area contributed by atoms with Gasteiger partial charge in [0, 0.05) is 10.9 Å². The van der Waals surface area contributed by atoms with Gasteiger partial charge in [0.15, 0.2) is 0 Å². The van der Waals surface area contributed by atoms with Gasteiger partial charge in [0.05, 0.1) is 0 Å². The van der Waals surface area contributed by atoms with Gasteiger partial charge in [0.25, 0.3) is 0 Å². The van der Waals surface area contributed by atoms with Gasteiger partial charge in [-0.3, -0.25) is 0 Å². The van der Waals surface area contributed by atoms with Crippen molar-refractivity contribution < 1.29 is 4.39 Å². The number of benzene rings is 1. The fraction of sp³-hybridized carbons (Fsp3) is 0.625. The van der Waals surface area contributed by atoms with Gasteiger partial charge in [0.1, 0.15) is 5.82 Å². The third kappa shape index (κ3) is 2.55. The van der Waals surface area contributed by atoms with Crippen LogP contribution in [0.15, 0.2) is 23.1 Å². The van der Waals surface area contributed by atoms with Crippen molar-refractivity contribution in [3.8, 4) is 0 Å². The van der Waals surface area contributed by atoms with Crippen LogP contribution in [0.1, 0.15) is 45.1 Å². The van der Waals surface area contributed by atoms with Crippen molar-refractivity contribution in [2.75, 3.05) is 12.8 Å². The summed E-state index contributed by atoms with van der Waals surface area (Å²) < 4.78 is 13.9. The number of hydrogen-bond acceptors (Lipinski definition) is 2. The molecule has 0 saturated heterocycles. The van der Waals surface area contributed by atoms with Gasteiger partial charge in [-0.2, -0.15) is 0 Å². The Balaban J connectivity index is 2.21. The molecule has 0 aliphatic heterocycles. The second kappa shape index (κ2) is 5.84. The predicted molar refractivity (Wildman–Crippen MR) is 81.4 cm³/mol. The summed E-state index contributed by atoms with van der Waals surface area (Å²) in [5, 5.41) is 3.56. The summed E-state index contributed by atoms with van der Waals surface area (Å²) in [6.45, 7) is 7.72. The number of halogens is 1. The lowest BCUT2D eigenvalue weighted by Crippen LogP contribution is -2.56. The van der Waals surface area contributed by atoms with Gasteiger partial charge in [-0.25, -0.2) is 4.39 Å². The van der Waals surface area contributed by atoms with Crippen LogP contribution in [-0.2, 0) is 0 Å². The van der Waals surface area contributed by atoms with Crippen molar-refractivity contribution in [2.45, 2.75) is 50.5 Å². The molecule has 0 radical (unpaired) electrons. The van der Waals surface area contributed by atoms with Gasteiger partial charge in [-0.15, -0.1) is 11.8 Å². The van der Waals surface area contributed by atoms with Gasteiger partial charge < -0.3 is 5.32 Å². The zero-order valence-corrected chi connectivity index (χ0v) is 13.1. The van der Waals surface area contributed by atoms with Crippen molar-refractivity contribution in [1.82, 2.24) is 5.32 Å². The molecular weight excluding hydrogens is 257 g/mol. The number of thioether (sulfide) groups is 1. The summed E-state index contributed by atoms with van der Waals surface area (Å²) in [6.07, 6.45) is 4.16. The molecule has 1 N–H and O–H groups in total. The summed E-state index contributed by atoms with van der Waals surface area (Å²) in [5.74, 6) is 0.405. The summed E-state index contributed by atoms with van der Waals surface area (Å²) in [4.78, 5) is 0.740. The largest absolute Gasteiger partial charge is 0.314 e. The Morgan fingerprint density at radius 3 is 2.68 bits per heavy atom. The van der Waals surface area contributed by atoms with Crippen LogP contribution in [0, 0.1) is 11.2 Å². The van der Waals surface area contributed by atoms with Crippen LogP contribution >= 0.6 is 11.8 Å². The van der Waals surface area contributed by atoms with E-state index in [1.54, 1.807) is 6.07 Å². The Morgan fingerprint density at radius 1 is 1.42 bits per heavy atom. The Bertz CT molecular complexity index is 448. The number of nitrogens with one attached hydrogen (secondary N) is 1. The van der Waals surface area contributed by atoms with Crippen molar-refractivity contribution in [2.24, 2.45) is 5.41 Å². The molecule has 1 nitrogen and oxygen atoms in total. The normalized spacial score (nSPS) is 30.2. The zero-order chi connectivity index (χ0) is 14.0. The quantitative estimate of drug-likeness (QED) is 0.801. The van der Waals surface area contributed by atoms with Crippen molar-refractivity contribution >= 4 is 11.8 Å². The molecule has 19 heavy (non-hydrogen) atoms. The molecule has 0 amide bonds. The van der Waals surface area contributed by atoms with Crippen LogP contribution in [-0.4, -0.2) is 18.8 Å². The van der Waals surface area contributed by atoms with E-state index in [2.05, 4.69) is 32.2 Å². The van der Waals surface area contributed by atoms with E-state index >= 15 is 0 Å². The third-order valence-electron chi connectivity index (χ3n) is 4.85. The lowest BCUT2D eigenvalue weighted by Gasteiger charge is -2.55. The fourth-order valence-electron chi connectivity index (χ4n) is 3.33. The van der Waals surface area contributed by atoms with Gasteiger partial charge in [0.2, 0.25) is 0 Å². The summed E-state index contributed by atoms with van der Waals surface area (Å²) in [6, 6.07) is 6.34. The third-order valence-corrected chi connectivity index (χ3v) is 5.62. The minimum Gasteiger partial charge on any atom is -0.314 e. The molecule has 1 aliphatic rings. The molecule has 2 rings (SSSR count). The van der Waals surface area contributed by atoms with Crippen molar-refractivity contribution in [1.29, 1.82) is 0 Å². The molecule has 106 valence electrons. The van der Waals surface area contributed by atoms with Crippen molar-refractivity contribution in [3.63, 3.8) is 0 Å². The number of hydrogen-bond donors (Lipinski definition) is 1. The van der Waals surface area contributed by atoms with Crippen LogP contribution in [0.3, 0.4) is 0 Å². The van der Waals surface area contributed by atoms with E-state index in [0.29, 0.717) is 12.0 Å². The monoisotopic (exact) mass is 281 g/mol. The summed E-state index contributed by atoms with van der Waals surface area (Å²) in [7, 11) is 0. The molecule has 1 saturated carbocycles. The topological polar surface area (TPSA) is 12.0 Å². The summed E-state index contributed by atoms with van der Waals surface area (Å²) >= 11 is 1.47. The van der Waals surface area contributed by atoms with Gasteiger partial charge >= 0.3 is 0 Å². The highest BCUT2D eigenvalue weighted by molar-refractivity contribution is 7.98. The zero-order valence-electron chi connectivity index (χ0n) is 12.3. The van der Waals surface area contributed by atoms with E-state index in [9.17, 15) is 4.39 Å². The van der Waals surface area contributed by atoms with E-state index < -0.39 is 0 Å². The second-order valence-electron chi connectivity index (χ2n) is 5.65. The first-order chi connectivity index (χ1) is 9.06. The Hall–Kier alpha value is -0.540. The average molecular weight is 281 g/mol. The highest BCUT2D eigenvalue weighted by Crippen LogP contribution is 2.55. The minimum absolute atomic E-state index is 0.0737. The molecule has 0 aromatic heterocycles. The SMILES string of the molecule is CCNC1CC(c2ccc(SC)c(F)c2)C1(C)CC. The Morgan fingerprint density at radius 2 is 2.16 bits per heavy atom. The molecule has 0 bridgehead atoms. The van der Waals surface area contributed by atoms with Gasteiger partial charge in [-0.1, -0.05) is 26.8 Å². The maximum atomic E-state index is 13.9. The van der Waals surface area contributed by atoms with E-state index in [1.807, 2.05) is 12.3 Å². The molecule has 1 fully saturated rings. The number of rotatable bonds is 5. The van der Waals surface area contributed by atoms with E-state index in [4.69, 9.17) is 0 Å². The molecule has 1 aromatic carbocycles. The fourth-order valence-corrected chi connectivity index (χ4v) is 3.79. The van der Waals surface area contributed by atoms with Crippen molar-refractivity contribution in [3.05, 3.63) is 29.6 Å². The first-order valence-electron chi connectivity index (χ1n) is 7.13. The van der Waals surface area contributed by atoms with E-state index in [1.165, 1.54) is 11.8 Å². The molecule has 0 spiro atoms. The molecule has 1 aliphatic carbocycles. The van der Waals surface area contributed by atoms with Gasteiger partial charge in [-0.05, 0) is 54.7 Å². The lowest BCUT2D eigenvalue weighted by molar-refractivity contribution is 0.0453. The van der Waals surface area contributed by atoms with Crippen LogP contribution in [0.4, 0.5) is 4.39 Å². The highest BCUT2D eigenvalue weighted by Gasteiger charge is 2.50. The average Bonchev–Trinajstić information content (AvgIpc) is 2.42. The standard InChI is InChI=1S/C16H24FNS/c1-5-16(3)12(10-15(16)18-6-2)11-7-8-14(19-4)13(17)9-11/h7-9,12,15,18H,5-6,10H2,1-4H3. The molecule has 3 unspecified atom stereocenters. The minimum atomic E-state index is -0.0737. The molecule has 3 heteroatoms. The van der Waals surface area contributed by atoms with Crippen LogP contribution in [0.5, 0.6) is 0 Å². The lowest BCUT2D eigenvalue weighted by atomic mass is 9.54. The van der Waals surface area contributed by atoms with Crippen LogP contribution in [0.2, 0.25) is 0 Å². The predicted octanol–water partition coefficient (Wildman–Crippen LogP) is 4.43. The Kier molecular flexibility index (Phi) is 4.57. The molecule has 0 heterocycles.